The van der Waals surface area contributed by atoms with Crippen LogP contribution in [0.15, 0.2) is 0 Å². The SMILES string of the molecule is CNC(=O)[C@]1(O)CC1(C)C. The van der Waals surface area contributed by atoms with Gasteiger partial charge >= 0.3 is 0 Å². The van der Waals surface area contributed by atoms with Crippen molar-refractivity contribution in [2.45, 2.75) is 25.9 Å². The van der Waals surface area contributed by atoms with Gasteiger partial charge in [-0.05, 0) is 6.42 Å². The first-order chi connectivity index (χ1) is 4.44. The van der Waals surface area contributed by atoms with Crippen LogP contribution in [0, 0.1) is 5.41 Å². The maximum atomic E-state index is 11.0. The van der Waals surface area contributed by atoms with Gasteiger partial charge in [0.1, 0.15) is 5.60 Å². The first-order valence-electron chi connectivity index (χ1n) is 3.38. The van der Waals surface area contributed by atoms with Crippen molar-refractivity contribution in [1.82, 2.24) is 5.32 Å². The molecule has 3 nitrogen and oxygen atoms in total. The van der Waals surface area contributed by atoms with Crippen molar-refractivity contribution in [3.8, 4) is 0 Å². The van der Waals surface area contributed by atoms with Gasteiger partial charge in [0.15, 0.2) is 0 Å². The average Bonchev–Trinajstić information content (AvgIpc) is 2.32. The lowest BCUT2D eigenvalue weighted by Crippen LogP contribution is -2.37. The fourth-order valence-electron chi connectivity index (χ4n) is 1.19. The molecular formula is C7H13NO2. The van der Waals surface area contributed by atoms with Crippen LogP contribution < -0.4 is 5.32 Å². The molecule has 1 aliphatic rings. The fourth-order valence-corrected chi connectivity index (χ4v) is 1.19. The molecule has 0 aliphatic heterocycles. The van der Waals surface area contributed by atoms with E-state index in [2.05, 4.69) is 5.32 Å². The largest absolute Gasteiger partial charge is 0.379 e. The Hall–Kier alpha value is -0.570. The predicted octanol–water partition coefficient (Wildman–Crippen LogP) is -0.107. The summed E-state index contributed by atoms with van der Waals surface area (Å²) in [6.45, 7) is 3.75. The Morgan fingerprint density at radius 3 is 2.10 bits per heavy atom. The lowest BCUT2D eigenvalue weighted by Gasteiger charge is -2.10. The van der Waals surface area contributed by atoms with Crippen molar-refractivity contribution in [3.63, 3.8) is 0 Å². The van der Waals surface area contributed by atoms with E-state index in [0.29, 0.717) is 6.42 Å². The molecule has 1 rings (SSSR count). The molecule has 0 unspecified atom stereocenters. The van der Waals surface area contributed by atoms with Crippen LogP contribution in [0.4, 0.5) is 0 Å². The zero-order valence-corrected chi connectivity index (χ0v) is 6.56. The zero-order chi connectivity index (χ0) is 7.99. The summed E-state index contributed by atoms with van der Waals surface area (Å²) in [5, 5.41) is 11.9. The normalized spacial score (nSPS) is 35.2. The number of likely N-dealkylation sites (N-methyl/N-ethyl adjacent to an activating group) is 1. The van der Waals surface area contributed by atoms with Gasteiger partial charge < -0.3 is 10.4 Å². The number of rotatable bonds is 1. The Bertz CT molecular complexity index is 176. The Morgan fingerprint density at radius 2 is 2.00 bits per heavy atom. The molecule has 0 heterocycles. The van der Waals surface area contributed by atoms with Gasteiger partial charge in [0.2, 0.25) is 0 Å². The minimum atomic E-state index is -1.10. The molecule has 2 N–H and O–H groups in total. The lowest BCUT2D eigenvalue weighted by atomic mass is 10.1. The summed E-state index contributed by atoms with van der Waals surface area (Å²) in [5.74, 6) is -0.266. The van der Waals surface area contributed by atoms with E-state index in [1.807, 2.05) is 13.8 Å². The van der Waals surface area contributed by atoms with Crippen molar-refractivity contribution < 1.29 is 9.90 Å². The highest BCUT2D eigenvalue weighted by atomic mass is 16.3. The van der Waals surface area contributed by atoms with Gasteiger partial charge in [0, 0.05) is 12.5 Å². The van der Waals surface area contributed by atoms with Crippen LogP contribution in [0.2, 0.25) is 0 Å². The first-order valence-corrected chi connectivity index (χ1v) is 3.38. The van der Waals surface area contributed by atoms with Crippen molar-refractivity contribution in [2.24, 2.45) is 5.41 Å². The number of hydrogen-bond acceptors (Lipinski definition) is 2. The molecular weight excluding hydrogens is 130 g/mol. The average molecular weight is 143 g/mol. The minimum Gasteiger partial charge on any atom is -0.379 e. The summed E-state index contributed by atoms with van der Waals surface area (Å²) in [5.41, 5.74) is -1.32. The molecule has 0 spiro atoms. The Morgan fingerprint density at radius 1 is 1.60 bits per heavy atom. The summed E-state index contributed by atoms with van der Waals surface area (Å²) in [4.78, 5) is 11.0. The molecule has 1 amide bonds. The van der Waals surface area contributed by atoms with E-state index in [1.165, 1.54) is 7.05 Å². The van der Waals surface area contributed by atoms with Crippen LogP contribution in [0.25, 0.3) is 0 Å². The molecule has 3 heteroatoms. The minimum absolute atomic E-state index is 0.229. The van der Waals surface area contributed by atoms with Gasteiger partial charge in [-0.2, -0.15) is 0 Å². The van der Waals surface area contributed by atoms with Crippen LogP contribution >= 0.6 is 0 Å². The van der Waals surface area contributed by atoms with Gasteiger partial charge in [-0.3, -0.25) is 4.79 Å². The highest BCUT2D eigenvalue weighted by Crippen LogP contribution is 2.55. The molecule has 0 radical (unpaired) electrons. The fraction of sp³-hybridized carbons (Fsp3) is 0.857. The Kier molecular flexibility index (Phi) is 1.30. The van der Waals surface area contributed by atoms with Crippen LogP contribution in [-0.4, -0.2) is 23.7 Å². The number of carbonyl (C=O) groups excluding carboxylic acids is 1. The second kappa shape index (κ2) is 1.72. The van der Waals surface area contributed by atoms with Crippen molar-refractivity contribution in [3.05, 3.63) is 0 Å². The highest BCUT2D eigenvalue weighted by molar-refractivity contribution is 5.89. The topological polar surface area (TPSA) is 49.3 Å². The van der Waals surface area contributed by atoms with E-state index >= 15 is 0 Å². The standard InChI is InChI=1S/C7H13NO2/c1-6(2)4-7(6,10)5(9)8-3/h10H,4H2,1-3H3,(H,8,9)/t7-/m1/s1. The van der Waals surface area contributed by atoms with E-state index in [-0.39, 0.29) is 11.3 Å². The monoisotopic (exact) mass is 143 g/mol. The Labute approximate surface area is 60.4 Å². The van der Waals surface area contributed by atoms with Gasteiger partial charge in [0.05, 0.1) is 0 Å². The number of hydrogen-bond donors (Lipinski definition) is 2. The molecule has 0 aromatic rings. The maximum Gasteiger partial charge on any atom is 0.252 e. The third-order valence-electron chi connectivity index (χ3n) is 2.30. The summed E-state index contributed by atoms with van der Waals surface area (Å²) in [6.07, 6.45) is 0.569. The summed E-state index contributed by atoms with van der Waals surface area (Å²) < 4.78 is 0. The highest BCUT2D eigenvalue weighted by Gasteiger charge is 2.65. The Balaban J connectivity index is 2.68. The summed E-state index contributed by atoms with van der Waals surface area (Å²) >= 11 is 0. The second-order valence-corrected chi connectivity index (χ2v) is 3.50. The van der Waals surface area contributed by atoms with E-state index in [0.717, 1.165) is 0 Å². The van der Waals surface area contributed by atoms with E-state index in [4.69, 9.17) is 0 Å². The molecule has 1 aliphatic carbocycles. The lowest BCUT2D eigenvalue weighted by molar-refractivity contribution is -0.132. The van der Waals surface area contributed by atoms with Gasteiger partial charge in [-0.1, -0.05) is 13.8 Å². The molecule has 0 aromatic carbocycles. The van der Waals surface area contributed by atoms with Gasteiger partial charge in [-0.25, -0.2) is 0 Å². The summed E-state index contributed by atoms with van der Waals surface area (Å²) in [7, 11) is 1.54. The molecule has 1 atom stereocenters. The van der Waals surface area contributed by atoms with Gasteiger partial charge in [0.25, 0.3) is 5.91 Å². The molecule has 0 aromatic heterocycles. The molecule has 10 heavy (non-hydrogen) atoms. The van der Waals surface area contributed by atoms with E-state index in [1.54, 1.807) is 0 Å². The maximum absolute atomic E-state index is 11.0. The second-order valence-electron chi connectivity index (χ2n) is 3.50. The number of amides is 1. The van der Waals surface area contributed by atoms with Crippen LogP contribution in [0.5, 0.6) is 0 Å². The van der Waals surface area contributed by atoms with Crippen LogP contribution in [0.1, 0.15) is 20.3 Å². The van der Waals surface area contributed by atoms with Crippen molar-refractivity contribution >= 4 is 5.91 Å². The quantitative estimate of drug-likeness (QED) is 0.538. The molecule has 0 saturated heterocycles. The number of nitrogens with one attached hydrogen (secondary N) is 1. The smallest absolute Gasteiger partial charge is 0.252 e. The predicted molar refractivity (Wildman–Crippen MR) is 37.4 cm³/mol. The van der Waals surface area contributed by atoms with Crippen LogP contribution in [0.3, 0.4) is 0 Å². The number of aliphatic hydroxyl groups is 1. The zero-order valence-electron chi connectivity index (χ0n) is 6.56. The van der Waals surface area contributed by atoms with Crippen molar-refractivity contribution in [1.29, 1.82) is 0 Å². The molecule has 58 valence electrons. The van der Waals surface area contributed by atoms with E-state index in [9.17, 15) is 9.90 Å². The third kappa shape index (κ3) is 0.736. The number of carbonyl (C=O) groups is 1. The van der Waals surface area contributed by atoms with Crippen LogP contribution in [-0.2, 0) is 4.79 Å². The van der Waals surface area contributed by atoms with Gasteiger partial charge in [-0.15, -0.1) is 0 Å². The van der Waals surface area contributed by atoms with Crippen molar-refractivity contribution in [2.75, 3.05) is 7.05 Å². The van der Waals surface area contributed by atoms with E-state index < -0.39 is 5.60 Å². The third-order valence-corrected chi connectivity index (χ3v) is 2.30. The molecule has 1 saturated carbocycles. The first kappa shape index (κ1) is 7.54. The molecule has 0 bridgehead atoms. The summed E-state index contributed by atoms with van der Waals surface area (Å²) in [6, 6.07) is 0. The molecule has 1 fully saturated rings.